The molecule has 5 N–H and O–H groups in total. The molecule has 1 saturated heterocycles. The zero-order valence-corrected chi connectivity index (χ0v) is 42.9. The van der Waals surface area contributed by atoms with Crippen molar-refractivity contribution in [2.24, 2.45) is 16.2 Å². The van der Waals surface area contributed by atoms with Crippen molar-refractivity contribution in [2.75, 3.05) is 31.6 Å². The Labute approximate surface area is 426 Å². The molecule has 19 heteroatoms. The molecule has 1 unspecified atom stereocenters. The summed E-state index contributed by atoms with van der Waals surface area (Å²) in [5, 5.41) is 31.7. The highest BCUT2D eigenvalue weighted by Gasteiger charge is 2.64. The van der Waals surface area contributed by atoms with Gasteiger partial charge in [0.15, 0.2) is 0 Å². The number of carbonyl (C=O) groups is 4. The molecule has 0 radical (unpaired) electrons. The van der Waals surface area contributed by atoms with Crippen LogP contribution in [0.2, 0.25) is 5.02 Å². The third kappa shape index (κ3) is 11.7. The molecule has 3 atom stereocenters. The molecule has 5 aromatic rings. The predicted molar refractivity (Wildman–Crippen MR) is 270 cm³/mol. The third-order valence-electron chi connectivity index (χ3n) is 13.3. The number of likely N-dealkylation sites (tertiary alicyclic amines) is 1. The fourth-order valence-corrected chi connectivity index (χ4v) is 10.9. The second-order valence-corrected chi connectivity index (χ2v) is 21.7. The van der Waals surface area contributed by atoms with Crippen molar-refractivity contribution in [1.82, 2.24) is 30.8 Å². The molecule has 2 aromatic heterocycles. The van der Waals surface area contributed by atoms with E-state index in [9.17, 15) is 29.5 Å². The Bertz CT molecular complexity index is 2830. The van der Waals surface area contributed by atoms with Crippen LogP contribution in [0.5, 0.6) is 5.75 Å². The van der Waals surface area contributed by atoms with Crippen molar-refractivity contribution in [2.45, 2.75) is 98.7 Å². The topological polar surface area (TPSA) is 208 Å². The Hall–Kier alpha value is -6.52. The number of β-amino-alcohol motifs (C(OH)–C–C–N with tert-alkyl or cyclic N) is 1. The lowest BCUT2D eigenvalue weighted by molar-refractivity contribution is -0.164. The summed E-state index contributed by atoms with van der Waals surface area (Å²) in [5.41, 5.74) is 2.58. The number of thiazole rings is 1. The van der Waals surface area contributed by atoms with Crippen LogP contribution < -0.4 is 26.0 Å². The van der Waals surface area contributed by atoms with E-state index in [1.54, 1.807) is 55.8 Å². The largest absolute Gasteiger partial charge is 0.489 e. The van der Waals surface area contributed by atoms with E-state index in [-0.39, 0.29) is 67.1 Å². The van der Waals surface area contributed by atoms with E-state index < -0.39 is 75.7 Å². The summed E-state index contributed by atoms with van der Waals surface area (Å²) < 4.78 is 43.1. The maximum atomic E-state index is 15.6. The van der Waals surface area contributed by atoms with Crippen molar-refractivity contribution in [3.63, 3.8) is 0 Å². The predicted octanol–water partition coefficient (Wildman–Crippen LogP) is 7.83. The summed E-state index contributed by atoms with van der Waals surface area (Å²) in [6.45, 7) is 15.0. The summed E-state index contributed by atoms with van der Waals surface area (Å²) in [6, 6.07) is 17.2. The lowest BCUT2D eigenvalue weighted by Crippen LogP contribution is -2.74. The number of halogens is 3. The molecular formula is C53H59ClF2N8O7S. The van der Waals surface area contributed by atoms with E-state index >= 15 is 8.78 Å². The number of aryl methyl sites for hydroxylation is 1. The van der Waals surface area contributed by atoms with Gasteiger partial charge in [-0.1, -0.05) is 84.3 Å². The molecule has 72 heavy (non-hydrogen) atoms. The van der Waals surface area contributed by atoms with Crippen LogP contribution in [0.3, 0.4) is 0 Å². The average molecular weight is 1030 g/mol. The van der Waals surface area contributed by atoms with Crippen molar-refractivity contribution in [3.05, 3.63) is 117 Å². The van der Waals surface area contributed by atoms with Crippen LogP contribution in [0, 0.1) is 46.1 Å². The number of hydrogen-bond donors (Lipinski definition) is 5. The quantitative estimate of drug-likeness (QED) is 0.0567. The van der Waals surface area contributed by atoms with E-state index in [1.165, 1.54) is 23.2 Å². The number of aliphatic hydroxyl groups excluding tert-OH is 1. The van der Waals surface area contributed by atoms with Crippen LogP contribution in [0.15, 0.2) is 78.4 Å². The van der Waals surface area contributed by atoms with Gasteiger partial charge >= 0.3 is 0 Å². The maximum absolute atomic E-state index is 15.6. The molecule has 3 heterocycles. The van der Waals surface area contributed by atoms with Crippen molar-refractivity contribution < 1.29 is 42.5 Å². The van der Waals surface area contributed by atoms with E-state index in [4.69, 9.17) is 21.1 Å². The Kier molecular flexibility index (Phi) is 16.0. The van der Waals surface area contributed by atoms with Crippen molar-refractivity contribution in [1.29, 1.82) is 5.26 Å². The summed E-state index contributed by atoms with van der Waals surface area (Å²) in [6.07, 6.45) is 0.0541. The van der Waals surface area contributed by atoms with Gasteiger partial charge in [-0.2, -0.15) is 5.26 Å². The third-order valence-corrected chi connectivity index (χ3v) is 14.6. The van der Waals surface area contributed by atoms with Crippen LogP contribution in [0.4, 0.5) is 14.6 Å². The van der Waals surface area contributed by atoms with Crippen molar-refractivity contribution >= 4 is 52.4 Å². The lowest BCUT2D eigenvalue weighted by Gasteiger charge is -2.63. The van der Waals surface area contributed by atoms with E-state index in [2.05, 4.69) is 31.2 Å². The zero-order valence-electron chi connectivity index (χ0n) is 41.4. The fourth-order valence-electron chi connectivity index (χ4n) is 9.84. The summed E-state index contributed by atoms with van der Waals surface area (Å²) in [7, 11) is 0. The molecule has 15 nitrogen and oxygen atoms in total. The molecular weight excluding hydrogens is 966 g/mol. The number of hydrogen-bond acceptors (Lipinski definition) is 12. The number of aromatic nitrogens is 2. The van der Waals surface area contributed by atoms with Gasteiger partial charge in [-0.05, 0) is 59.9 Å². The number of anilines is 1. The zero-order chi connectivity index (χ0) is 52.3. The van der Waals surface area contributed by atoms with Gasteiger partial charge in [-0.25, -0.2) is 18.7 Å². The molecule has 2 aliphatic rings. The average Bonchev–Trinajstić information content (AvgIpc) is 3.95. The minimum absolute atomic E-state index is 0.0545. The monoisotopic (exact) mass is 1020 g/mol. The molecule has 0 spiro atoms. The first kappa shape index (κ1) is 53.3. The number of nitrogens with one attached hydrogen (secondary N) is 4. The van der Waals surface area contributed by atoms with Gasteiger partial charge in [0.2, 0.25) is 17.7 Å². The van der Waals surface area contributed by atoms with Gasteiger partial charge in [0, 0.05) is 66.3 Å². The Morgan fingerprint density at radius 3 is 2.26 bits per heavy atom. The van der Waals surface area contributed by atoms with E-state index in [0.29, 0.717) is 17.1 Å². The molecule has 3 aromatic carbocycles. The molecule has 1 aliphatic heterocycles. The number of amides is 4. The summed E-state index contributed by atoms with van der Waals surface area (Å²) in [5.74, 6) is -3.18. The van der Waals surface area contributed by atoms with Crippen LogP contribution in [-0.4, -0.2) is 100 Å². The van der Waals surface area contributed by atoms with Crippen LogP contribution in [0.25, 0.3) is 21.6 Å². The molecule has 380 valence electrons. The van der Waals surface area contributed by atoms with Crippen LogP contribution in [-0.2, 0) is 25.7 Å². The van der Waals surface area contributed by atoms with Crippen LogP contribution in [0.1, 0.15) is 82.1 Å². The molecule has 0 bridgehead atoms. The SMILES string of the molecule is Cc1ncsc1-c1ccc(CNC(=O)[C@@H]2C[C@@H](O)CN2C(=O)C(NC(=O)COCCNc2ccc(-c3c(F)cc(C(=O)N[C@H]4C(C)(C)[C@H](Oc5ccc(C#N)c(Cl)c5)C4(C)C)cc3F)cn2)C(C)(C)C)cc1. The Morgan fingerprint density at radius 2 is 1.67 bits per heavy atom. The standard InChI is InChI=1S/C53H59ClF2N8O7S/c1-29-44(72-28-61-29)31-11-9-30(10-12-31)24-60-47(68)40-21-35(65)26-64(40)48(69)45(51(2,3)4)62-42(66)27-70-18-17-58-41-16-14-33(25-59-41)43-38(55)19-34(20-39(43)56)46(67)63-49-52(5,6)50(53(49,7)8)71-36-15-13-32(23-57)37(54)22-36/h9-16,19-20,22,25,28,35,40,45,49-50,65H,17-18,21,24,26-27H2,1-8H3,(H,58,59)(H,60,68)(H,62,66)(H,63,67)/t35-,40+,45?,49-,50-/m1/s1. The first-order valence-electron chi connectivity index (χ1n) is 23.5. The minimum atomic E-state index is -1.04. The summed E-state index contributed by atoms with van der Waals surface area (Å²) >= 11 is 7.76. The van der Waals surface area contributed by atoms with Gasteiger partial charge in [-0.3, -0.25) is 19.2 Å². The van der Waals surface area contributed by atoms with Gasteiger partial charge in [0.05, 0.1) is 44.9 Å². The molecule has 1 saturated carbocycles. The lowest BCUT2D eigenvalue weighted by atomic mass is 9.49. The number of pyridine rings is 1. The van der Waals surface area contributed by atoms with Gasteiger partial charge in [0.25, 0.3) is 5.91 Å². The first-order valence-corrected chi connectivity index (χ1v) is 24.7. The number of rotatable bonds is 17. The summed E-state index contributed by atoms with van der Waals surface area (Å²) in [4.78, 5) is 65.0. The van der Waals surface area contributed by atoms with Gasteiger partial charge < -0.3 is 40.7 Å². The first-order chi connectivity index (χ1) is 34.0. The second-order valence-electron chi connectivity index (χ2n) is 20.5. The number of ether oxygens (including phenoxy) is 2. The highest BCUT2D eigenvalue weighted by Crippen LogP contribution is 2.55. The van der Waals surface area contributed by atoms with E-state index in [0.717, 1.165) is 33.8 Å². The number of aliphatic hydroxyl groups is 1. The Balaban J connectivity index is 0.866. The number of nitrogens with zero attached hydrogens (tertiary/aromatic N) is 4. The van der Waals surface area contributed by atoms with Crippen molar-refractivity contribution in [3.8, 4) is 33.4 Å². The Morgan fingerprint density at radius 1 is 0.986 bits per heavy atom. The highest BCUT2D eigenvalue weighted by molar-refractivity contribution is 7.13. The number of nitriles is 1. The maximum Gasteiger partial charge on any atom is 0.251 e. The fraction of sp³-hybridized carbons (Fsp3) is 0.415. The normalized spacial score (nSPS) is 19.3. The number of benzene rings is 3. The molecule has 7 rings (SSSR count). The molecule has 2 fully saturated rings. The van der Waals surface area contributed by atoms with Gasteiger partial charge in [0.1, 0.15) is 54.1 Å². The minimum Gasteiger partial charge on any atom is -0.489 e. The van der Waals surface area contributed by atoms with E-state index in [1.807, 2.05) is 65.0 Å². The van der Waals surface area contributed by atoms with Crippen LogP contribution >= 0.6 is 22.9 Å². The molecule has 1 aliphatic carbocycles. The number of carbonyl (C=O) groups excluding carboxylic acids is 4. The molecule has 4 amide bonds. The smallest absolute Gasteiger partial charge is 0.251 e. The second kappa shape index (κ2) is 21.7. The highest BCUT2D eigenvalue weighted by atomic mass is 35.5. The van der Waals surface area contributed by atoms with Gasteiger partial charge in [-0.15, -0.1) is 11.3 Å².